The van der Waals surface area contributed by atoms with Crippen LogP contribution in [0, 0.1) is 5.82 Å². The summed E-state index contributed by atoms with van der Waals surface area (Å²) in [7, 11) is 0. The maximum absolute atomic E-state index is 13.3. The van der Waals surface area contributed by atoms with E-state index in [1.807, 2.05) is 19.2 Å². The van der Waals surface area contributed by atoms with Gasteiger partial charge in [-0.05, 0) is 18.1 Å². The maximum Gasteiger partial charge on any atom is 0.340 e. The van der Waals surface area contributed by atoms with E-state index in [0.717, 1.165) is 11.8 Å². The average Bonchev–Trinajstić information content (AvgIpc) is 2.82. The van der Waals surface area contributed by atoms with Crippen molar-refractivity contribution in [2.24, 2.45) is 0 Å². The van der Waals surface area contributed by atoms with Gasteiger partial charge in [-0.2, -0.15) is 0 Å². The Bertz CT molecular complexity index is 655. The molecule has 2 aromatic rings. The third-order valence-electron chi connectivity index (χ3n) is 2.76. The number of nitrogens with zero attached hydrogens (tertiary/aromatic N) is 1. The van der Waals surface area contributed by atoms with Crippen molar-refractivity contribution in [1.82, 2.24) is 4.98 Å². The van der Waals surface area contributed by atoms with Crippen molar-refractivity contribution in [3.63, 3.8) is 0 Å². The van der Waals surface area contributed by atoms with E-state index in [1.54, 1.807) is 0 Å². The number of hydrogen-bond donors (Lipinski definition) is 3. The predicted octanol–water partition coefficient (Wildman–Crippen LogP) is 3.43. The molecule has 1 aromatic carbocycles. The first-order valence-corrected chi connectivity index (χ1v) is 6.81. The van der Waals surface area contributed by atoms with Gasteiger partial charge >= 0.3 is 5.97 Å². The van der Waals surface area contributed by atoms with Gasteiger partial charge in [0.15, 0.2) is 5.13 Å². The fraction of sp³-hybridized carbons (Fsp3) is 0.231. The Hall–Kier alpha value is -2.15. The smallest absolute Gasteiger partial charge is 0.340 e. The van der Waals surface area contributed by atoms with E-state index in [4.69, 9.17) is 10.8 Å². The average molecular weight is 295 g/mol. The minimum Gasteiger partial charge on any atom is -0.478 e. The van der Waals surface area contributed by atoms with Crippen molar-refractivity contribution in [2.45, 2.75) is 19.8 Å². The second-order valence-electron chi connectivity index (χ2n) is 4.55. The molecule has 5 nitrogen and oxygen atoms in total. The Morgan fingerprint density at radius 2 is 2.20 bits per heavy atom. The van der Waals surface area contributed by atoms with Gasteiger partial charge in [0.2, 0.25) is 0 Å². The van der Waals surface area contributed by atoms with Crippen LogP contribution in [-0.2, 0) is 0 Å². The summed E-state index contributed by atoms with van der Waals surface area (Å²) in [6, 6.07) is 2.46. The van der Waals surface area contributed by atoms with E-state index in [0.29, 0.717) is 5.13 Å². The molecule has 0 bridgehead atoms. The predicted molar refractivity (Wildman–Crippen MR) is 77.3 cm³/mol. The van der Waals surface area contributed by atoms with Gasteiger partial charge in [0.05, 0.1) is 17.1 Å². The van der Waals surface area contributed by atoms with Gasteiger partial charge in [-0.1, -0.05) is 13.8 Å². The van der Waals surface area contributed by atoms with Gasteiger partial charge in [0.1, 0.15) is 11.4 Å². The molecule has 0 aliphatic rings. The number of carboxylic acids is 1. The van der Waals surface area contributed by atoms with Crippen LogP contribution in [0.15, 0.2) is 17.5 Å². The second kappa shape index (κ2) is 5.46. The number of thiazole rings is 1. The summed E-state index contributed by atoms with van der Waals surface area (Å²) < 4.78 is 13.3. The van der Waals surface area contributed by atoms with E-state index in [-0.39, 0.29) is 22.9 Å². The standard InChI is InChI=1S/C13H14FN3O2S/c1-6(2)9-5-20-13(17-9)16-8-4-3-7(14)11(15)10(8)12(18)19/h3-6H,15H2,1-2H3,(H,16,17)(H,18,19). The number of nitrogens with one attached hydrogen (secondary N) is 1. The Kier molecular flexibility index (Phi) is 3.89. The van der Waals surface area contributed by atoms with Gasteiger partial charge in [0, 0.05) is 5.38 Å². The molecule has 106 valence electrons. The maximum atomic E-state index is 13.3. The SMILES string of the molecule is CC(C)c1csc(Nc2ccc(F)c(N)c2C(=O)O)n1. The largest absolute Gasteiger partial charge is 0.478 e. The van der Waals surface area contributed by atoms with Crippen LogP contribution in [0.2, 0.25) is 0 Å². The van der Waals surface area contributed by atoms with Crippen LogP contribution < -0.4 is 11.1 Å². The van der Waals surface area contributed by atoms with Crippen molar-refractivity contribution in [1.29, 1.82) is 0 Å². The lowest BCUT2D eigenvalue weighted by atomic mass is 10.1. The number of aromatic carboxylic acids is 1. The van der Waals surface area contributed by atoms with Crippen LogP contribution >= 0.6 is 11.3 Å². The third kappa shape index (κ3) is 2.72. The summed E-state index contributed by atoms with van der Waals surface area (Å²) in [6.45, 7) is 4.02. The molecule has 0 radical (unpaired) electrons. The first kappa shape index (κ1) is 14.3. The molecule has 20 heavy (non-hydrogen) atoms. The Morgan fingerprint density at radius 3 is 2.75 bits per heavy atom. The van der Waals surface area contributed by atoms with Crippen molar-refractivity contribution in [3.05, 3.63) is 34.6 Å². The van der Waals surface area contributed by atoms with Crippen LogP contribution in [0.4, 0.5) is 20.9 Å². The molecule has 1 aromatic heterocycles. The van der Waals surface area contributed by atoms with Crippen LogP contribution in [0.1, 0.15) is 35.8 Å². The number of halogens is 1. The molecule has 0 saturated heterocycles. The summed E-state index contributed by atoms with van der Waals surface area (Å²) in [5, 5.41) is 14.4. The minimum atomic E-state index is -1.29. The minimum absolute atomic E-state index is 0.223. The van der Waals surface area contributed by atoms with Crippen LogP contribution in [0.5, 0.6) is 0 Å². The van der Waals surface area contributed by atoms with Gasteiger partial charge in [-0.15, -0.1) is 11.3 Å². The van der Waals surface area contributed by atoms with E-state index >= 15 is 0 Å². The lowest BCUT2D eigenvalue weighted by Gasteiger charge is -2.10. The van der Waals surface area contributed by atoms with Gasteiger partial charge < -0.3 is 16.2 Å². The number of rotatable bonds is 4. The molecule has 2 rings (SSSR count). The highest BCUT2D eigenvalue weighted by molar-refractivity contribution is 7.13. The lowest BCUT2D eigenvalue weighted by molar-refractivity contribution is 0.0698. The zero-order valence-corrected chi connectivity index (χ0v) is 11.8. The number of aromatic nitrogens is 1. The summed E-state index contributed by atoms with van der Waals surface area (Å²) in [6.07, 6.45) is 0. The third-order valence-corrected chi connectivity index (χ3v) is 3.54. The molecule has 0 fully saturated rings. The summed E-state index contributed by atoms with van der Waals surface area (Å²) >= 11 is 1.35. The van der Waals surface area contributed by atoms with Crippen molar-refractivity contribution in [3.8, 4) is 0 Å². The van der Waals surface area contributed by atoms with Gasteiger partial charge in [0.25, 0.3) is 0 Å². The molecule has 0 unspecified atom stereocenters. The van der Waals surface area contributed by atoms with Crippen molar-refractivity contribution >= 4 is 33.8 Å². The first-order chi connectivity index (χ1) is 9.40. The molecule has 0 amide bonds. The lowest BCUT2D eigenvalue weighted by Crippen LogP contribution is -2.08. The topological polar surface area (TPSA) is 88.2 Å². The van der Waals surface area contributed by atoms with E-state index in [2.05, 4.69) is 10.3 Å². The summed E-state index contributed by atoms with van der Waals surface area (Å²) in [5.41, 5.74) is 5.94. The molecule has 0 spiro atoms. The molecule has 0 saturated carbocycles. The zero-order chi connectivity index (χ0) is 14.9. The molecule has 0 aliphatic carbocycles. The zero-order valence-electron chi connectivity index (χ0n) is 11.0. The molecule has 7 heteroatoms. The van der Waals surface area contributed by atoms with Gasteiger partial charge in [-0.25, -0.2) is 14.2 Å². The van der Waals surface area contributed by atoms with Gasteiger partial charge in [-0.3, -0.25) is 0 Å². The second-order valence-corrected chi connectivity index (χ2v) is 5.40. The number of carbonyl (C=O) groups is 1. The number of benzene rings is 1. The van der Waals surface area contributed by atoms with Crippen molar-refractivity contribution < 1.29 is 14.3 Å². The van der Waals surface area contributed by atoms with Crippen molar-refractivity contribution in [2.75, 3.05) is 11.1 Å². The highest BCUT2D eigenvalue weighted by atomic mass is 32.1. The molecule has 1 heterocycles. The van der Waals surface area contributed by atoms with E-state index < -0.39 is 11.8 Å². The van der Waals surface area contributed by atoms with Crippen LogP contribution in [0.25, 0.3) is 0 Å². The Balaban J connectivity index is 2.38. The number of hydrogen-bond acceptors (Lipinski definition) is 5. The normalized spacial score (nSPS) is 10.8. The fourth-order valence-corrected chi connectivity index (χ4v) is 2.54. The summed E-state index contributed by atoms with van der Waals surface area (Å²) in [4.78, 5) is 15.5. The van der Waals surface area contributed by atoms with Crippen LogP contribution in [-0.4, -0.2) is 16.1 Å². The molecule has 4 N–H and O–H groups in total. The monoisotopic (exact) mass is 295 g/mol. The molecular formula is C13H14FN3O2S. The molecular weight excluding hydrogens is 281 g/mol. The summed E-state index contributed by atoms with van der Waals surface area (Å²) in [5.74, 6) is -1.76. The molecule has 0 atom stereocenters. The van der Waals surface area contributed by atoms with E-state index in [9.17, 15) is 9.18 Å². The molecule has 0 aliphatic heterocycles. The number of anilines is 3. The number of nitrogen functional groups attached to an aromatic ring is 1. The Morgan fingerprint density at radius 1 is 1.50 bits per heavy atom. The number of nitrogens with two attached hydrogens (primary N) is 1. The fourth-order valence-electron chi connectivity index (χ4n) is 1.65. The highest BCUT2D eigenvalue weighted by Gasteiger charge is 2.18. The number of carboxylic acid groups (broad SMARTS) is 1. The quantitative estimate of drug-likeness (QED) is 0.752. The highest BCUT2D eigenvalue weighted by Crippen LogP contribution is 2.30. The van der Waals surface area contributed by atoms with E-state index in [1.165, 1.54) is 17.4 Å². The Labute approximate surface area is 119 Å². The van der Waals surface area contributed by atoms with Crippen LogP contribution in [0.3, 0.4) is 0 Å². The first-order valence-electron chi connectivity index (χ1n) is 5.94.